The number of hydrogen-bond acceptors (Lipinski definition) is 5. The number of benzene rings is 1. The van der Waals surface area contributed by atoms with Crippen LogP contribution < -0.4 is 10.6 Å². The van der Waals surface area contributed by atoms with E-state index in [1.54, 1.807) is 4.90 Å². The molecule has 2 saturated heterocycles. The average molecular weight is 296 g/mol. The van der Waals surface area contributed by atoms with Gasteiger partial charge in [0, 0.05) is 31.6 Å². The van der Waals surface area contributed by atoms with Gasteiger partial charge in [0.1, 0.15) is 5.82 Å². The predicted octanol–water partition coefficient (Wildman–Crippen LogP) is 1.45. The highest BCUT2D eigenvalue weighted by molar-refractivity contribution is 5.95. The van der Waals surface area contributed by atoms with E-state index in [0.717, 1.165) is 6.07 Å². The highest BCUT2D eigenvalue weighted by atomic mass is 19.1. The van der Waals surface area contributed by atoms with E-state index in [2.05, 4.69) is 0 Å². The van der Waals surface area contributed by atoms with Crippen LogP contribution in [0.3, 0.4) is 0 Å². The van der Waals surface area contributed by atoms with E-state index in [-0.39, 0.29) is 16.9 Å². The minimum atomic E-state index is -1.16. The molecule has 3 rings (SSSR count). The van der Waals surface area contributed by atoms with Crippen LogP contribution in [0.4, 0.5) is 15.8 Å². The summed E-state index contributed by atoms with van der Waals surface area (Å²) in [5.41, 5.74) is 5.64. The summed E-state index contributed by atoms with van der Waals surface area (Å²) >= 11 is 0. The standard InChI is InChI=1S/C14H17FN2O4/c15-10-8-11(16)9(13(18)19)7-12(10)17-3-1-14(2-4-17)20-5-6-21-14/h7-8H,1-6,16H2,(H,18,19). The maximum atomic E-state index is 14.1. The second-order valence-corrected chi connectivity index (χ2v) is 5.29. The van der Waals surface area contributed by atoms with Crippen molar-refractivity contribution in [2.45, 2.75) is 18.6 Å². The third-order valence-corrected chi connectivity index (χ3v) is 4.03. The topological polar surface area (TPSA) is 85.0 Å². The van der Waals surface area contributed by atoms with Gasteiger partial charge >= 0.3 is 5.97 Å². The van der Waals surface area contributed by atoms with E-state index in [1.165, 1.54) is 6.07 Å². The van der Waals surface area contributed by atoms with Crippen LogP contribution in [0.1, 0.15) is 23.2 Å². The van der Waals surface area contributed by atoms with E-state index in [4.69, 9.17) is 20.3 Å². The van der Waals surface area contributed by atoms with Crippen LogP contribution in [-0.4, -0.2) is 43.2 Å². The number of carbonyl (C=O) groups is 1. The van der Waals surface area contributed by atoms with Gasteiger partial charge in [-0.3, -0.25) is 0 Å². The molecule has 0 radical (unpaired) electrons. The van der Waals surface area contributed by atoms with Gasteiger partial charge in [-0.2, -0.15) is 0 Å². The number of nitrogens with two attached hydrogens (primary N) is 1. The lowest BCUT2D eigenvalue weighted by Crippen LogP contribution is -2.45. The molecule has 3 N–H and O–H groups in total. The summed E-state index contributed by atoms with van der Waals surface area (Å²) in [5.74, 6) is -2.22. The smallest absolute Gasteiger partial charge is 0.337 e. The zero-order valence-corrected chi connectivity index (χ0v) is 11.5. The first-order chi connectivity index (χ1) is 10.0. The predicted molar refractivity (Wildman–Crippen MR) is 73.9 cm³/mol. The number of rotatable bonds is 2. The first-order valence-electron chi connectivity index (χ1n) is 6.86. The molecule has 0 amide bonds. The molecule has 1 spiro atoms. The van der Waals surface area contributed by atoms with Gasteiger partial charge in [-0.1, -0.05) is 0 Å². The number of nitrogen functional groups attached to an aromatic ring is 1. The van der Waals surface area contributed by atoms with Crippen LogP contribution in [0.25, 0.3) is 0 Å². The number of aromatic carboxylic acids is 1. The summed E-state index contributed by atoms with van der Waals surface area (Å²) in [4.78, 5) is 12.9. The van der Waals surface area contributed by atoms with Gasteiger partial charge in [-0.25, -0.2) is 9.18 Å². The Hall–Kier alpha value is -1.86. The number of carboxylic acids is 1. The van der Waals surface area contributed by atoms with E-state index in [0.29, 0.717) is 39.1 Å². The summed E-state index contributed by atoms with van der Waals surface area (Å²) < 4.78 is 25.3. The normalized spacial score (nSPS) is 20.9. The quantitative estimate of drug-likeness (QED) is 0.804. The van der Waals surface area contributed by atoms with Gasteiger partial charge < -0.3 is 25.2 Å². The maximum Gasteiger partial charge on any atom is 0.337 e. The fourth-order valence-corrected chi connectivity index (χ4v) is 2.88. The van der Waals surface area contributed by atoms with Crippen molar-refractivity contribution >= 4 is 17.3 Å². The lowest BCUT2D eigenvalue weighted by Gasteiger charge is -2.38. The number of hydrogen-bond donors (Lipinski definition) is 2. The number of piperidine rings is 1. The van der Waals surface area contributed by atoms with E-state index >= 15 is 0 Å². The van der Waals surface area contributed by atoms with Crippen molar-refractivity contribution in [2.75, 3.05) is 36.9 Å². The van der Waals surface area contributed by atoms with Gasteiger partial charge in [0.2, 0.25) is 0 Å². The monoisotopic (exact) mass is 296 g/mol. The first kappa shape index (κ1) is 14.1. The minimum absolute atomic E-state index is 0.0697. The largest absolute Gasteiger partial charge is 0.478 e. The van der Waals surface area contributed by atoms with Gasteiger partial charge in [0.25, 0.3) is 0 Å². The van der Waals surface area contributed by atoms with Crippen molar-refractivity contribution in [3.05, 3.63) is 23.5 Å². The van der Waals surface area contributed by atoms with Crippen LogP contribution >= 0.6 is 0 Å². The second kappa shape index (κ2) is 5.16. The van der Waals surface area contributed by atoms with Gasteiger partial charge in [0.15, 0.2) is 5.79 Å². The summed E-state index contributed by atoms with van der Waals surface area (Å²) in [6.07, 6.45) is 1.25. The number of anilines is 2. The van der Waals surface area contributed by atoms with Gasteiger partial charge in [-0.05, 0) is 12.1 Å². The third-order valence-electron chi connectivity index (χ3n) is 4.03. The van der Waals surface area contributed by atoms with Gasteiger partial charge in [0.05, 0.1) is 24.5 Å². The first-order valence-corrected chi connectivity index (χ1v) is 6.86. The van der Waals surface area contributed by atoms with Crippen LogP contribution in [0, 0.1) is 5.82 Å². The molecule has 2 heterocycles. The molecular weight excluding hydrogens is 279 g/mol. The lowest BCUT2D eigenvalue weighted by atomic mass is 10.0. The number of nitrogens with zero attached hydrogens (tertiary/aromatic N) is 1. The van der Waals surface area contributed by atoms with Crippen LogP contribution in [0.5, 0.6) is 0 Å². The van der Waals surface area contributed by atoms with Crippen LogP contribution in [0.15, 0.2) is 12.1 Å². The van der Waals surface area contributed by atoms with Crippen molar-refractivity contribution in [2.24, 2.45) is 0 Å². The lowest BCUT2D eigenvalue weighted by molar-refractivity contribution is -0.169. The summed E-state index contributed by atoms with van der Waals surface area (Å²) in [7, 11) is 0. The van der Waals surface area contributed by atoms with E-state index in [1.807, 2.05) is 0 Å². The van der Waals surface area contributed by atoms with Crippen molar-refractivity contribution in [3.63, 3.8) is 0 Å². The summed E-state index contributed by atoms with van der Waals surface area (Å²) in [6.45, 7) is 2.25. The van der Waals surface area contributed by atoms with Crippen LogP contribution in [-0.2, 0) is 9.47 Å². The molecule has 2 aliphatic heterocycles. The zero-order chi connectivity index (χ0) is 15.0. The number of ether oxygens (including phenoxy) is 2. The van der Waals surface area contributed by atoms with E-state index < -0.39 is 17.6 Å². The highest BCUT2D eigenvalue weighted by Crippen LogP contribution is 2.35. The SMILES string of the molecule is Nc1cc(F)c(N2CCC3(CC2)OCCO3)cc1C(=O)O. The molecule has 7 heteroatoms. The van der Waals surface area contributed by atoms with Crippen molar-refractivity contribution in [1.82, 2.24) is 0 Å². The summed E-state index contributed by atoms with van der Waals surface area (Å²) in [5, 5.41) is 9.09. The fraction of sp³-hybridized carbons (Fsp3) is 0.500. The number of halogens is 1. The molecule has 0 unspecified atom stereocenters. The molecule has 0 aliphatic carbocycles. The van der Waals surface area contributed by atoms with Crippen molar-refractivity contribution in [1.29, 1.82) is 0 Å². The molecule has 0 aromatic heterocycles. The maximum absolute atomic E-state index is 14.1. The third kappa shape index (κ3) is 2.54. The molecule has 1 aromatic rings. The van der Waals surface area contributed by atoms with E-state index in [9.17, 15) is 9.18 Å². The molecular formula is C14H17FN2O4. The molecule has 21 heavy (non-hydrogen) atoms. The Bertz CT molecular complexity index is 562. The minimum Gasteiger partial charge on any atom is -0.478 e. The molecule has 0 bridgehead atoms. The second-order valence-electron chi connectivity index (χ2n) is 5.29. The fourth-order valence-electron chi connectivity index (χ4n) is 2.88. The van der Waals surface area contributed by atoms with Crippen molar-refractivity contribution in [3.8, 4) is 0 Å². The Morgan fingerprint density at radius 2 is 1.90 bits per heavy atom. The zero-order valence-electron chi connectivity index (χ0n) is 11.5. The Labute approximate surface area is 121 Å². The van der Waals surface area contributed by atoms with Crippen LogP contribution in [0.2, 0.25) is 0 Å². The Morgan fingerprint density at radius 1 is 1.29 bits per heavy atom. The Balaban J connectivity index is 1.81. The molecule has 2 aliphatic rings. The Morgan fingerprint density at radius 3 is 2.48 bits per heavy atom. The number of carboxylic acid groups (broad SMARTS) is 1. The molecule has 2 fully saturated rings. The summed E-state index contributed by atoms with van der Waals surface area (Å²) in [6, 6.07) is 2.35. The molecule has 0 atom stereocenters. The molecule has 1 aromatic carbocycles. The highest BCUT2D eigenvalue weighted by Gasteiger charge is 2.40. The average Bonchev–Trinajstić information content (AvgIpc) is 2.88. The van der Waals surface area contributed by atoms with Crippen molar-refractivity contribution < 1.29 is 23.8 Å². The molecule has 6 nitrogen and oxygen atoms in total. The van der Waals surface area contributed by atoms with Gasteiger partial charge in [-0.15, -0.1) is 0 Å². The molecule has 114 valence electrons. The molecule has 0 saturated carbocycles. The Kier molecular flexibility index (Phi) is 3.46.